The standard InChI is InChI=1S/C29H40N4O5S/c1-4-19(2)25(29(37)38)33-28(36)24(18-21-13-9-6-10-14-21)32-27(35)23(17-20-11-7-5-8-12-20)31-26(34)22(30)15-16-39-3/h5-14,19,22-25H,4,15-18,30H2,1-3H3,(H,31,34)(H,32,35)(H,33,36)(H,37,38). The number of hydrogen-bond acceptors (Lipinski definition) is 6. The number of thioether (sulfide) groups is 1. The molecule has 0 fully saturated rings. The second kappa shape index (κ2) is 16.6. The fraction of sp³-hybridized carbons (Fsp3) is 0.448. The lowest BCUT2D eigenvalue weighted by molar-refractivity contribution is -0.143. The summed E-state index contributed by atoms with van der Waals surface area (Å²) in [6.07, 6.45) is 3.26. The Kier molecular flexibility index (Phi) is 13.5. The number of nitrogens with two attached hydrogens (primary N) is 1. The van der Waals surface area contributed by atoms with Crippen molar-refractivity contribution in [2.24, 2.45) is 11.7 Å². The predicted octanol–water partition coefficient (Wildman–Crippen LogP) is 2.14. The smallest absolute Gasteiger partial charge is 0.326 e. The normalized spacial score (nSPS) is 14.8. The van der Waals surface area contributed by atoms with E-state index in [0.717, 1.165) is 11.1 Å². The van der Waals surface area contributed by atoms with Crippen LogP contribution in [0.25, 0.3) is 0 Å². The van der Waals surface area contributed by atoms with Crippen molar-refractivity contribution in [2.45, 2.75) is 63.7 Å². The van der Waals surface area contributed by atoms with Gasteiger partial charge in [0, 0.05) is 12.8 Å². The Morgan fingerprint density at radius 1 is 0.821 bits per heavy atom. The molecule has 0 radical (unpaired) electrons. The number of rotatable bonds is 16. The van der Waals surface area contributed by atoms with E-state index in [-0.39, 0.29) is 18.8 Å². The maximum Gasteiger partial charge on any atom is 0.326 e. The fourth-order valence-corrected chi connectivity index (χ4v) is 4.47. The van der Waals surface area contributed by atoms with E-state index in [9.17, 15) is 24.3 Å². The third kappa shape index (κ3) is 10.7. The van der Waals surface area contributed by atoms with Gasteiger partial charge in [-0.15, -0.1) is 0 Å². The first-order valence-corrected chi connectivity index (χ1v) is 14.5. The zero-order valence-corrected chi connectivity index (χ0v) is 23.6. The maximum absolute atomic E-state index is 13.6. The van der Waals surface area contributed by atoms with Crippen LogP contribution in [0, 0.1) is 5.92 Å². The lowest BCUT2D eigenvalue weighted by atomic mass is 9.97. The summed E-state index contributed by atoms with van der Waals surface area (Å²) in [5.74, 6) is -2.38. The van der Waals surface area contributed by atoms with E-state index in [1.807, 2.05) is 73.8 Å². The minimum Gasteiger partial charge on any atom is -0.480 e. The molecule has 3 amide bonds. The van der Waals surface area contributed by atoms with Crippen molar-refractivity contribution in [2.75, 3.05) is 12.0 Å². The van der Waals surface area contributed by atoms with Crippen molar-refractivity contribution in [3.05, 3.63) is 71.8 Å². The van der Waals surface area contributed by atoms with Crippen LogP contribution in [0.3, 0.4) is 0 Å². The van der Waals surface area contributed by atoms with Crippen molar-refractivity contribution in [1.82, 2.24) is 16.0 Å². The monoisotopic (exact) mass is 556 g/mol. The first kappa shape index (κ1) is 31.8. The van der Waals surface area contributed by atoms with E-state index in [1.165, 1.54) is 0 Å². The average molecular weight is 557 g/mol. The largest absolute Gasteiger partial charge is 0.480 e. The molecule has 2 aromatic rings. The van der Waals surface area contributed by atoms with Crippen LogP contribution in [0.4, 0.5) is 0 Å². The lowest BCUT2D eigenvalue weighted by Crippen LogP contribution is -2.58. The van der Waals surface area contributed by atoms with Gasteiger partial charge in [-0.3, -0.25) is 14.4 Å². The van der Waals surface area contributed by atoms with E-state index in [4.69, 9.17) is 5.73 Å². The first-order chi connectivity index (χ1) is 18.7. The number of hydrogen-bond donors (Lipinski definition) is 5. The van der Waals surface area contributed by atoms with Gasteiger partial charge in [-0.05, 0) is 35.5 Å². The topological polar surface area (TPSA) is 151 Å². The lowest BCUT2D eigenvalue weighted by Gasteiger charge is -2.27. The third-order valence-corrected chi connectivity index (χ3v) is 7.22. The second-order valence-electron chi connectivity index (χ2n) is 9.60. The number of carbonyl (C=O) groups is 4. The summed E-state index contributed by atoms with van der Waals surface area (Å²) in [5, 5.41) is 17.8. The molecule has 0 saturated heterocycles. The molecule has 0 bridgehead atoms. The van der Waals surface area contributed by atoms with E-state index < -0.39 is 47.9 Å². The van der Waals surface area contributed by atoms with Crippen molar-refractivity contribution < 1.29 is 24.3 Å². The zero-order valence-electron chi connectivity index (χ0n) is 22.8. The van der Waals surface area contributed by atoms with Gasteiger partial charge in [-0.2, -0.15) is 11.8 Å². The van der Waals surface area contributed by atoms with E-state index in [0.29, 0.717) is 18.6 Å². The molecule has 2 aromatic carbocycles. The highest BCUT2D eigenvalue weighted by Gasteiger charge is 2.32. The molecule has 10 heteroatoms. The molecule has 2 rings (SSSR count). The second-order valence-corrected chi connectivity index (χ2v) is 10.6. The number of carboxylic acids is 1. The number of carbonyl (C=O) groups excluding carboxylic acids is 3. The first-order valence-electron chi connectivity index (χ1n) is 13.1. The fourth-order valence-electron chi connectivity index (χ4n) is 3.98. The highest BCUT2D eigenvalue weighted by atomic mass is 32.2. The van der Waals surface area contributed by atoms with Gasteiger partial charge >= 0.3 is 5.97 Å². The highest BCUT2D eigenvalue weighted by molar-refractivity contribution is 7.98. The van der Waals surface area contributed by atoms with Crippen LogP contribution in [-0.4, -0.2) is 65.0 Å². The summed E-state index contributed by atoms with van der Waals surface area (Å²) >= 11 is 1.57. The summed E-state index contributed by atoms with van der Waals surface area (Å²) in [6.45, 7) is 3.59. The van der Waals surface area contributed by atoms with Gasteiger partial charge in [0.2, 0.25) is 17.7 Å². The molecule has 212 valence electrons. The third-order valence-electron chi connectivity index (χ3n) is 6.58. The molecular weight excluding hydrogens is 516 g/mol. The van der Waals surface area contributed by atoms with Gasteiger partial charge in [0.15, 0.2) is 0 Å². The van der Waals surface area contributed by atoms with Gasteiger partial charge in [-0.25, -0.2) is 4.79 Å². The molecule has 0 aliphatic carbocycles. The molecular formula is C29H40N4O5S. The Morgan fingerprint density at radius 2 is 1.28 bits per heavy atom. The summed E-state index contributed by atoms with van der Waals surface area (Å²) in [5.41, 5.74) is 7.65. The molecule has 5 unspecified atom stereocenters. The number of aliphatic carboxylic acids is 1. The molecule has 0 aliphatic heterocycles. The quantitative estimate of drug-likeness (QED) is 0.213. The predicted molar refractivity (Wildman–Crippen MR) is 154 cm³/mol. The number of carboxylic acid groups (broad SMARTS) is 1. The van der Waals surface area contributed by atoms with Crippen LogP contribution in [-0.2, 0) is 32.0 Å². The zero-order chi connectivity index (χ0) is 28.8. The van der Waals surface area contributed by atoms with Crippen LogP contribution in [0.2, 0.25) is 0 Å². The van der Waals surface area contributed by atoms with Crippen LogP contribution in [0.1, 0.15) is 37.8 Å². The average Bonchev–Trinajstić information content (AvgIpc) is 2.94. The van der Waals surface area contributed by atoms with Crippen LogP contribution in [0.15, 0.2) is 60.7 Å². The number of benzene rings is 2. The molecule has 0 heterocycles. The molecule has 9 nitrogen and oxygen atoms in total. The molecule has 0 spiro atoms. The Hall–Kier alpha value is -3.37. The summed E-state index contributed by atoms with van der Waals surface area (Å²) in [6, 6.07) is 14.4. The number of nitrogens with one attached hydrogen (secondary N) is 3. The summed E-state index contributed by atoms with van der Waals surface area (Å²) in [4.78, 5) is 51.6. The van der Waals surface area contributed by atoms with Gasteiger partial charge in [0.25, 0.3) is 0 Å². The van der Waals surface area contributed by atoms with Crippen LogP contribution >= 0.6 is 11.8 Å². The van der Waals surface area contributed by atoms with Crippen LogP contribution in [0.5, 0.6) is 0 Å². The van der Waals surface area contributed by atoms with Gasteiger partial charge in [0.05, 0.1) is 6.04 Å². The molecule has 6 N–H and O–H groups in total. The highest BCUT2D eigenvalue weighted by Crippen LogP contribution is 2.11. The van der Waals surface area contributed by atoms with Gasteiger partial charge in [0.1, 0.15) is 18.1 Å². The molecule has 39 heavy (non-hydrogen) atoms. The minimum absolute atomic E-state index is 0.143. The van der Waals surface area contributed by atoms with Crippen molar-refractivity contribution in [1.29, 1.82) is 0 Å². The van der Waals surface area contributed by atoms with Crippen molar-refractivity contribution in [3.63, 3.8) is 0 Å². The van der Waals surface area contributed by atoms with Gasteiger partial charge in [-0.1, -0.05) is 80.9 Å². The number of amides is 3. The SMILES string of the molecule is CCC(C)C(NC(=O)C(Cc1ccccc1)NC(=O)C(Cc1ccccc1)NC(=O)C(N)CCSC)C(=O)O. The van der Waals surface area contributed by atoms with E-state index in [2.05, 4.69) is 16.0 Å². The molecule has 0 aliphatic rings. The summed E-state index contributed by atoms with van der Waals surface area (Å²) < 4.78 is 0. The summed E-state index contributed by atoms with van der Waals surface area (Å²) in [7, 11) is 0. The molecule has 0 aromatic heterocycles. The Balaban J connectivity index is 2.30. The Morgan fingerprint density at radius 3 is 1.72 bits per heavy atom. The van der Waals surface area contributed by atoms with Crippen LogP contribution < -0.4 is 21.7 Å². The van der Waals surface area contributed by atoms with E-state index >= 15 is 0 Å². The van der Waals surface area contributed by atoms with Crippen molar-refractivity contribution in [3.8, 4) is 0 Å². The maximum atomic E-state index is 13.6. The van der Waals surface area contributed by atoms with Gasteiger partial charge < -0.3 is 26.8 Å². The van der Waals surface area contributed by atoms with E-state index in [1.54, 1.807) is 18.7 Å². The Labute approximate surface area is 234 Å². The molecule has 0 saturated carbocycles. The molecule has 5 atom stereocenters. The minimum atomic E-state index is -1.14. The van der Waals surface area contributed by atoms with Crippen molar-refractivity contribution >= 4 is 35.5 Å². The Bertz CT molecular complexity index is 1070.